The van der Waals surface area contributed by atoms with E-state index in [0.29, 0.717) is 13.2 Å². The smallest absolute Gasteiger partial charge is 0.233 e. The lowest BCUT2D eigenvalue weighted by molar-refractivity contribution is -0.142. The molecule has 0 N–H and O–H groups in total. The lowest BCUT2D eigenvalue weighted by atomic mass is 9.72. The van der Waals surface area contributed by atoms with Gasteiger partial charge in [0.15, 0.2) is 0 Å². The van der Waals surface area contributed by atoms with Crippen LogP contribution in [0.1, 0.15) is 65.4 Å². The fraction of sp³-hybridized carbons (Fsp3) is 0.414. The molecule has 5 nitrogen and oxygen atoms in total. The standard InChI is InChI=1S/C29H33N3O2/c1-21-6-3-8-23(16-21)18-25-19-30-20-26(31-25)27-10-5-13-32(27)28(33)29(11-14-34-15-12-29)24-9-4-7-22(2)17-24/h3-4,6-9,16-17,19-20,27H,5,10-15,18H2,1-2H3/t27-/m0/s1. The summed E-state index contributed by atoms with van der Waals surface area (Å²) >= 11 is 0. The zero-order chi connectivity index (χ0) is 23.5. The molecule has 5 rings (SSSR count). The molecule has 5 heteroatoms. The molecule has 0 aliphatic carbocycles. The molecule has 2 fully saturated rings. The van der Waals surface area contributed by atoms with Crippen molar-refractivity contribution in [3.05, 3.63) is 94.6 Å². The summed E-state index contributed by atoms with van der Waals surface area (Å²) in [4.78, 5) is 25.8. The number of carbonyl (C=O) groups excluding carboxylic acids is 1. The van der Waals surface area contributed by atoms with E-state index in [4.69, 9.17) is 9.72 Å². The van der Waals surface area contributed by atoms with Gasteiger partial charge >= 0.3 is 0 Å². The maximum Gasteiger partial charge on any atom is 0.233 e. The third kappa shape index (κ3) is 4.49. The number of benzene rings is 2. The number of nitrogens with zero attached hydrogens (tertiary/aromatic N) is 3. The summed E-state index contributed by atoms with van der Waals surface area (Å²) in [5, 5.41) is 0. The van der Waals surface area contributed by atoms with Crippen molar-refractivity contribution in [3.63, 3.8) is 0 Å². The Labute approximate surface area is 202 Å². The Morgan fingerprint density at radius 2 is 1.82 bits per heavy atom. The van der Waals surface area contributed by atoms with Gasteiger partial charge in [-0.2, -0.15) is 0 Å². The minimum absolute atomic E-state index is 0.0259. The third-order valence-corrected chi connectivity index (χ3v) is 7.35. The normalized spacial score (nSPS) is 19.8. The number of rotatable bonds is 5. The Kier molecular flexibility index (Phi) is 6.46. The number of hydrogen-bond donors (Lipinski definition) is 0. The van der Waals surface area contributed by atoms with Gasteiger partial charge in [-0.1, -0.05) is 59.7 Å². The highest BCUT2D eigenvalue weighted by atomic mass is 16.5. The van der Waals surface area contributed by atoms with E-state index in [0.717, 1.165) is 55.6 Å². The van der Waals surface area contributed by atoms with Crippen molar-refractivity contribution in [2.45, 2.75) is 57.4 Å². The van der Waals surface area contributed by atoms with Crippen molar-refractivity contribution in [1.29, 1.82) is 0 Å². The van der Waals surface area contributed by atoms with Crippen molar-refractivity contribution < 1.29 is 9.53 Å². The molecule has 0 spiro atoms. The van der Waals surface area contributed by atoms with Crippen LogP contribution in [0.25, 0.3) is 0 Å². The van der Waals surface area contributed by atoms with Crippen molar-refractivity contribution in [1.82, 2.24) is 14.9 Å². The molecule has 0 unspecified atom stereocenters. The first-order valence-electron chi connectivity index (χ1n) is 12.4. The highest BCUT2D eigenvalue weighted by Crippen LogP contribution is 2.41. The van der Waals surface area contributed by atoms with E-state index in [-0.39, 0.29) is 11.9 Å². The quantitative estimate of drug-likeness (QED) is 0.537. The predicted molar refractivity (Wildman–Crippen MR) is 133 cm³/mol. The Hall–Kier alpha value is -3.05. The maximum atomic E-state index is 14.3. The van der Waals surface area contributed by atoms with Crippen LogP contribution in [-0.2, 0) is 21.4 Å². The van der Waals surface area contributed by atoms with Crippen LogP contribution in [0.15, 0.2) is 60.9 Å². The number of likely N-dealkylation sites (tertiary alicyclic amines) is 1. The van der Waals surface area contributed by atoms with Crippen molar-refractivity contribution in [3.8, 4) is 0 Å². The average molecular weight is 456 g/mol. The minimum Gasteiger partial charge on any atom is -0.381 e. The molecule has 1 amide bonds. The lowest BCUT2D eigenvalue weighted by Gasteiger charge is -2.40. The molecule has 176 valence electrons. The molecule has 3 heterocycles. The highest BCUT2D eigenvalue weighted by Gasteiger charge is 2.47. The summed E-state index contributed by atoms with van der Waals surface area (Å²) in [6.07, 6.45) is 7.79. The molecule has 34 heavy (non-hydrogen) atoms. The first-order chi connectivity index (χ1) is 16.5. The van der Waals surface area contributed by atoms with Crippen LogP contribution >= 0.6 is 0 Å². The predicted octanol–water partition coefficient (Wildman–Crippen LogP) is 5.10. The summed E-state index contributed by atoms with van der Waals surface area (Å²) in [5.74, 6) is 0.217. The lowest BCUT2D eigenvalue weighted by Crippen LogP contribution is -2.49. The summed E-state index contributed by atoms with van der Waals surface area (Å²) < 4.78 is 5.69. The van der Waals surface area contributed by atoms with Gasteiger partial charge in [0.2, 0.25) is 5.91 Å². The van der Waals surface area contributed by atoms with E-state index in [9.17, 15) is 4.79 Å². The molecule has 2 saturated heterocycles. The van der Waals surface area contributed by atoms with Crippen LogP contribution in [0.3, 0.4) is 0 Å². The maximum absolute atomic E-state index is 14.3. The average Bonchev–Trinajstić information content (AvgIpc) is 3.34. The highest BCUT2D eigenvalue weighted by molar-refractivity contribution is 5.89. The van der Waals surface area contributed by atoms with Crippen LogP contribution in [0, 0.1) is 13.8 Å². The number of amides is 1. The second-order valence-electron chi connectivity index (χ2n) is 9.82. The molecular formula is C29H33N3O2. The molecule has 2 aliphatic heterocycles. The number of aromatic nitrogens is 2. The Morgan fingerprint density at radius 1 is 1.06 bits per heavy atom. The molecule has 3 aromatic rings. The molecule has 0 saturated carbocycles. The van der Waals surface area contributed by atoms with Gasteiger partial charge in [0.1, 0.15) is 0 Å². The van der Waals surface area contributed by atoms with Crippen molar-refractivity contribution in [2.24, 2.45) is 0 Å². The van der Waals surface area contributed by atoms with Crippen LogP contribution in [-0.4, -0.2) is 40.5 Å². The summed E-state index contributed by atoms with van der Waals surface area (Å²) in [6.45, 7) is 6.19. The second-order valence-corrected chi connectivity index (χ2v) is 9.82. The fourth-order valence-corrected chi connectivity index (χ4v) is 5.58. The SMILES string of the molecule is Cc1cccc(Cc2cncc([C@@H]3CCCN3C(=O)C3(c4cccc(C)c4)CCOCC3)n2)c1. The molecule has 0 radical (unpaired) electrons. The molecule has 1 aromatic heterocycles. The minimum atomic E-state index is -0.528. The first-order valence-corrected chi connectivity index (χ1v) is 12.4. The van der Waals surface area contributed by atoms with Crippen LogP contribution in [0.4, 0.5) is 0 Å². The third-order valence-electron chi connectivity index (χ3n) is 7.35. The van der Waals surface area contributed by atoms with Gasteiger partial charge < -0.3 is 9.64 Å². The van der Waals surface area contributed by atoms with E-state index in [2.05, 4.69) is 72.3 Å². The molecule has 2 aliphatic rings. The van der Waals surface area contributed by atoms with Gasteiger partial charge in [0, 0.05) is 32.4 Å². The van der Waals surface area contributed by atoms with Crippen LogP contribution in [0.2, 0.25) is 0 Å². The topological polar surface area (TPSA) is 55.3 Å². The zero-order valence-electron chi connectivity index (χ0n) is 20.2. The largest absolute Gasteiger partial charge is 0.381 e. The van der Waals surface area contributed by atoms with Crippen LogP contribution in [0.5, 0.6) is 0 Å². The first kappa shape index (κ1) is 22.7. The monoisotopic (exact) mass is 455 g/mol. The van der Waals surface area contributed by atoms with Gasteiger partial charge in [-0.3, -0.25) is 14.8 Å². The van der Waals surface area contributed by atoms with Gasteiger partial charge in [0.05, 0.1) is 29.0 Å². The molecule has 0 bridgehead atoms. The summed E-state index contributed by atoms with van der Waals surface area (Å²) in [5.41, 5.74) is 6.09. The number of hydrogen-bond acceptors (Lipinski definition) is 4. The second kappa shape index (κ2) is 9.67. The Bertz CT molecular complexity index is 1170. The van der Waals surface area contributed by atoms with Crippen LogP contribution < -0.4 is 0 Å². The van der Waals surface area contributed by atoms with Gasteiger partial charge in [0.25, 0.3) is 0 Å². The molecule has 2 aromatic carbocycles. The van der Waals surface area contributed by atoms with E-state index in [1.54, 1.807) is 0 Å². The number of carbonyl (C=O) groups is 1. The number of aryl methyl sites for hydroxylation is 2. The fourth-order valence-electron chi connectivity index (χ4n) is 5.58. The Morgan fingerprint density at radius 3 is 2.59 bits per heavy atom. The van der Waals surface area contributed by atoms with E-state index in [1.807, 2.05) is 12.4 Å². The van der Waals surface area contributed by atoms with Gasteiger partial charge in [-0.05, 0) is 50.7 Å². The molecular weight excluding hydrogens is 422 g/mol. The summed E-state index contributed by atoms with van der Waals surface area (Å²) in [6, 6.07) is 16.9. The zero-order valence-corrected chi connectivity index (χ0v) is 20.2. The van der Waals surface area contributed by atoms with Crippen molar-refractivity contribution in [2.75, 3.05) is 19.8 Å². The van der Waals surface area contributed by atoms with E-state index < -0.39 is 5.41 Å². The van der Waals surface area contributed by atoms with Gasteiger partial charge in [-0.15, -0.1) is 0 Å². The van der Waals surface area contributed by atoms with Crippen molar-refractivity contribution >= 4 is 5.91 Å². The van der Waals surface area contributed by atoms with Gasteiger partial charge in [-0.25, -0.2) is 0 Å². The van der Waals surface area contributed by atoms with E-state index in [1.165, 1.54) is 16.7 Å². The van der Waals surface area contributed by atoms with E-state index >= 15 is 0 Å². The molecule has 1 atom stereocenters. The Balaban J connectivity index is 1.43. The number of ether oxygens (including phenoxy) is 1. The summed E-state index contributed by atoms with van der Waals surface area (Å²) in [7, 11) is 0.